The second-order valence-electron chi connectivity index (χ2n) is 6.09. The monoisotopic (exact) mass is 383 g/mol. The molecule has 0 aliphatic carbocycles. The predicted molar refractivity (Wildman–Crippen MR) is 102 cm³/mol. The Bertz CT molecular complexity index is 734. The van der Waals surface area contributed by atoms with Crippen molar-refractivity contribution >= 4 is 35.6 Å². The van der Waals surface area contributed by atoms with Gasteiger partial charge in [-0.1, -0.05) is 17.7 Å². The molecule has 136 valence electrons. The number of anilines is 1. The third-order valence-corrected chi connectivity index (χ3v) is 4.57. The van der Waals surface area contributed by atoms with E-state index >= 15 is 0 Å². The fourth-order valence-electron chi connectivity index (χ4n) is 2.99. The molecule has 1 atom stereocenters. The van der Waals surface area contributed by atoms with E-state index in [4.69, 9.17) is 11.6 Å². The lowest BCUT2D eigenvalue weighted by molar-refractivity contribution is -0.118. The number of amides is 1. The molecule has 6 nitrogen and oxygen atoms in total. The van der Waals surface area contributed by atoms with Crippen molar-refractivity contribution in [3.63, 3.8) is 0 Å². The third-order valence-electron chi connectivity index (χ3n) is 4.33. The van der Waals surface area contributed by atoms with Gasteiger partial charge in [-0.25, -0.2) is 4.98 Å². The maximum Gasteiger partial charge on any atom is 0.238 e. The van der Waals surface area contributed by atoms with Gasteiger partial charge in [0.2, 0.25) is 5.91 Å². The number of nitrogens with zero attached hydrogens (tertiary/aromatic N) is 3. The lowest BCUT2D eigenvalue weighted by Crippen LogP contribution is -2.49. The van der Waals surface area contributed by atoms with Gasteiger partial charge in [0.25, 0.3) is 0 Å². The molecule has 25 heavy (non-hydrogen) atoms. The van der Waals surface area contributed by atoms with Crippen molar-refractivity contribution in [2.45, 2.75) is 13.0 Å². The number of aromatic nitrogens is 2. The molecule has 0 spiro atoms. The normalized spacial score (nSPS) is 17.8. The highest BCUT2D eigenvalue weighted by molar-refractivity contribution is 6.31. The molecule has 8 heteroatoms. The minimum atomic E-state index is -0.0403. The average Bonchev–Trinajstić information content (AvgIpc) is 2.97. The lowest BCUT2D eigenvalue weighted by atomic mass is 10.1. The number of rotatable bonds is 4. The zero-order valence-electron chi connectivity index (χ0n) is 14.3. The quantitative estimate of drug-likeness (QED) is 0.850. The molecule has 1 unspecified atom stereocenters. The number of carbonyl (C=O) groups is 1. The first-order valence-electron chi connectivity index (χ1n) is 8.02. The van der Waals surface area contributed by atoms with Gasteiger partial charge in [-0.3, -0.25) is 9.69 Å². The molecule has 2 N–H and O–H groups in total. The van der Waals surface area contributed by atoms with Gasteiger partial charge in [-0.2, -0.15) is 0 Å². The topological polar surface area (TPSA) is 62.2 Å². The van der Waals surface area contributed by atoms with Crippen LogP contribution in [0.4, 0.5) is 5.69 Å². The van der Waals surface area contributed by atoms with Gasteiger partial charge >= 0.3 is 0 Å². The minimum Gasteiger partial charge on any atom is -0.337 e. The second kappa shape index (κ2) is 8.67. The van der Waals surface area contributed by atoms with Crippen LogP contribution in [-0.2, 0) is 11.8 Å². The van der Waals surface area contributed by atoms with Crippen molar-refractivity contribution in [2.24, 2.45) is 7.05 Å². The zero-order chi connectivity index (χ0) is 17.1. The van der Waals surface area contributed by atoms with Gasteiger partial charge in [-0.15, -0.1) is 12.4 Å². The molecule has 0 radical (unpaired) electrons. The highest BCUT2D eigenvalue weighted by atomic mass is 35.5. The van der Waals surface area contributed by atoms with Crippen molar-refractivity contribution in [1.82, 2.24) is 19.8 Å². The van der Waals surface area contributed by atoms with Crippen LogP contribution < -0.4 is 10.6 Å². The number of piperazine rings is 1. The summed E-state index contributed by atoms with van der Waals surface area (Å²) in [5.41, 5.74) is 1.75. The summed E-state index contributed by atoms with van der Waals surface area (Å²) in [5, 5.41) is 6.96. The summed E-state index contributed by atoms with van der Waals surface area (Å²) in [4.78, 5) is 19.1. The van der Waals surface area contributed by atoms with Crippen LogP contribution in [0.5, 0.6) is 0 Å². The molecule has 2 heterocycles. The smallest absolute Gasteiger partial charge is 0.238 e. The summed E-state index contributed by atoms with van der Waals surface area (Å²) in [7, 11) is 1.98. The molecule has 1 saturated heterocycles. The Labute approximate surface area is 159 Å². The molecule has 1 amide bonds. The molecule has 0 saturated carbocycles. The van der Waals surface area contributed by atoms with Gasteiger partial charge in [0, 0.05) is 49.8 Å². The average molecular weight is 384 g/mol. The predicted octanol–water partition coefficient (Wildman–Crippen LogP) is 2.39. The number of halogens is 2. The number of hydrogen-bond acceptors (Lipinski definition) is 4. The van der Waals surface area contributed by atoms with E-state index in [2.05, 4.69) is 20.5 Å². The molecule has 1 aliphatic rings. The van der Waals surface area contributed by atoms with Crippen molar-refractivity contribution in [1.29, 1.82) is 0 Å². The van der Waals surface area contributed by atoms with Crippen LogP contribution in [0.2, 0.25) is 5.02 Å². The minimum absolute atomic E-state index is 0. The van der Waals surface area contributed by atoms with E-state index in [1.807, 2.05) is 36.9 Å². The zero-order valence-corrected chi connectivity index (χ0v) is 15.9. The Kier molecular flexibility index (Phi) is 6.84. The molecule has 1 aliphatic heterocycles. The standard InChI is InChI=1S/C17H22ClN5O.ClH/c1-12-3-4-13(18)9-14(12)21-16(24)11-23-8-5-19-10-15(23)17-20-6-7-22(17)2;/h3-4,6-7,9,15,19H,5,8,10-11H2,1-2H3,(H,21,24);1H. The van der Waals surface area contributed by atoms with Gasteiger partial charge in [0.1, 0.15) is 5.82 Å². The van der Waals surface area contributed by atoms with E-state index in [9.17, 15) is 4.79 Å². The molecule has 0 bridgehead atoms. The fraction of sp³-hybridized carbons (Fsp3) is 0.412. The van der Waals surface area contributed by atoms with Crippen LogP contribution in [-0.4, -0.2) is 46.5 Å². The van der Waals surface area contributed by atoms with Crippen LogP contribution in [0.3, 0.4) is 0 Å². The Morgan fingerprint density at radius 1 is 1.48 bits per heavy atom. The first-order chi connectivity index (χ1) is 11.5. The van der Waals surface area contributed by atoms with E-state index < -0.39 is 0 Å². The molecular formula is C17H23Cl2N5O. The highest BCUT2D eigenvalue weighted by Crippen LogP contribution is 2.22. The van der Waals surface area contributed by atoms with Crippen LogP contribution in [0.25, 0.3) is 0 Å². The summed E-state index contributed by atoms with van der Waals surface area (Å²) in [6.45, 7) is 4.73. The number of benzene rings is 1. The first kappa shape index (κ1) is 19.7. The summed E-state index contributed by atoms with van der Waals surface area (Å²) >= 11 is 6.02. The molecule has 2 aromatic rings. The number of carbonyl (C=O) groups excluding carboxylic acids is 1. The summed E-state index contributed by atoms with van der Waals surface area (Å²) in [6.07, 6.45) is 3.72. The highest BCUT2D eigenvalue weighted by Gasteiger charge is 2.28. The maximum absolute atomic E-state index is 12.5. The number of nitrogens with one attached hydrogen (secondary N) is 2. The van der Waals surface area contributed by atoms with Gasteiger partial charge < -0.3 is 15.2 Å². The summed E-state index contributed by atoms with van der Waals surface area (Å²) in [5.74, 6) is 0.926. The number of imidazole rings is 1. The molecule has 1 fully saturated rings. The largest absolute Gasteiger partial charge is 0.337 e. The SMILES string of the molecule is Cc1ccc(Cl)cc1NC(=O)CN1CCNCC1c1nccn1C.Cl. The fourth-order valence-corrected chi connectivity index (χ4v) is 3.16. The van der Waals surface area contributed by atoms with Crippen molar-refractivity contribution in [3.8, 4) is 0 Å². The van der Waals surface area contributed by atoms with Crippen molar-refractivity contribution in [3.05, 3.63) is 47.0 Å². The molecule has 1 aromatic heterocycles. The van der Waals surface area contributed by atoms with Crippen LogP contribution in [0, 0.1) is 6.92 Å². The maximum atomic E-state index is 12.5. The van der Waals surface area contributed by atoms with E-state index in [-0.39, 0.29) is 24.4 Å². The van der Waals surface area contributed by atoms with Gasteiger partial charge in [0.05, 0.1) is 12.6 Å². The van der Waals surface area contributed by atoms with Crippen LogP contribution >= 0.6 is 24.0 Å². The Morgan fingerprint density at radius 2 is 2.28 bits per heavy atom. The first-order valence-corrected chi connectivity index (χ1v) is 8.40. The van der Waals surface area contributed by atoms with Gasteiger partial charge in [-0.05, 0) is 24.6 Å². The number of hydrogen-bond donors (Lipinski definition) is 2. The van der Waals surface area contributed by atoms with Crippen molar-refractivity contribution < 1.29 is 4.79 Å². The Morgan fingerprint density at radius 3 is 3.00 bits per heavy atom. The Balaban J connectivity index is 0.00000225. The summed E-state index contributed by atoms with van der Waals surface area (Å²) < 4.78 is 2.00. The van der Waals surface area contributed by atoms with Crippen LogP contribution in [0.15, 0.2) is 30.6 Å². The number of aryl methyl sites for hydroxylation is 2. The van der Waals surface area contributed by atoms with E-state index in [1.165, 1.54) is 0 Å². The van der Waals surface area contributed by atoms with E-state index in [0.29, 0.717) is 11.6 Å². The van der Waals surface area contributed by atoms with E-state index in [1.54, 1.807) is 12.3 Å². The Hall–Kier alpha value is -1.60. The third kappa shape index (κ3) is 4.73. The molecule has 1 aromatic carbocycles. The van der Waals surface area contributed by atoms with Gasteiger partial charge in [0.15, 0.2) is 0 Å². The lowest BCUT2D eigenvalue weighted by Gasteiger charge is -2.35. The molecular weight excluding hydrogens is 361 g/mol. The van der Waals surface area contributed by atoms with Crippen molar-refractivity contribution in [2.75, 3.05) is 31.5 Å². The second-order valence-corrected chi connectivity index (χ2v) is 6.53. The molecule has 3 rings (SSSR count). The van der Waals surface area contributed by atoms with Crippen LogP contribution in [0.1, 0.15) is 17.4 Å². The summed E-state index contributed by atoms with van der Waals surface area (Å²) in [6, 6.07) is 5.59. The van der Waals surface area contributed by atoms with E-state index in [0.717, 1.165) is 36.7 Å².